The molecule has 1 aromatic heterocycles. The highest BCUT2D eigenvalue weighted by Crippen LogP contribution is 2.30. The minimum absolute atomic E-state index is 0.0139. The number of nitrogens with one attached hydrogen (secondary N) is 1. The lowest BCUT2D eigenvalue weighted by Gasteiger charge is -2.34. The van der Waals surface area contributed by atoms with Gasteiger partial charge in [0.25, 0.3) is 5.91 Å². The molecule has 2 aromatic rings. The van der Waals surface area contributed by atoms with Gasteiger partial charge in [-0.15, -0.1) is 0 Å². The van der Waals surface area contributed by atoms with Crippen LogP contribution in [0.2, 0.25) is 0 Å². The van der Waals surface area contributed by atoms with E-state index in [9.17, 15) is 4.79 Å². The normalized spacial score (nSPS) is 18.2. The molecule has 1 atom stereocenters. The van der Waals surface area contributed by atoms with Gasteiger partial charge >= 0.3 is 0 Å². The number of pyridine rings is 1. The minimum atomic E-state index is -0.214. The van der Waals surface area contributed by atoms with Gasteiger partial charge in [-0.05, 0) is 24.3 Å². The van der Waals surface area contributed by atoms with Crippen molar-refractivity contribution in [2.24, 2.45) is 0 Å². The van der Waals surface area contributed by atoms with Crippen molar-refractivity contribution in [1.29, 1.82) is 0 Å². The molecule has 2 heterocycles. The van der Waals surface area contributed by atoms with E-state index in [4.69, 9.17) is 0 Å². The van der Waals surface area contributed by atoms with Gasteiger partial charge in [0.2, 0.25) is 0 Å². The molecule has 1 N–H and O–H groups in total. The van der Waals surface area contributed by atoms with Crippen LogP contribution in [0.15, 0.2) is 48.7 Å². The number of rotatable bonds is 1. The lowest BCUT2D eigenvalue weighted by molar-refractivity contribution is 0.0732. The van der Waals surface area contributed by atoms with Crippen LogP contribution in [0.25, 0.3) is 0 Å². The Bertz CT molecular complexity index is 583. The van der Waals surface area contributed by atoms with Crippen molar-refractivity contribution >= 4 is 11.6 Å². The monoisotopic (exact) mass is 239 g/mol. The number of para-hydroxylation sites is 1. The van der Waals surface area contributed by atoms with E-state index >= 15 is 0 Å². The zero-order valence-corrected chi connectivity index (χ0v) is 10.00. The molecular formula is C14H13N3O. The van der Waals surface area contributed by atoms with Crippen molar-refractivity contribution in [2.45, 2.75) is 6.17 Å². The summed E-state index contributed by atoms with van der Waals surface area (Å²) in [7, 11) is 1.78. The number of nitrogens with zero attached hydrogens (tertiary/aromatic N) is 2. The summed E-state index contributed by atoms with van der Waals surface area (Å²) in [6, 6.07) is 13.2. The first-order valence-corrected chi connectivity index (χ1v) is 5.81. The number of carbonyl (C=O) groups is 1. The molecule has 0 fully saturated rings. The van der Waals surface area contributed by atoms with Crippen LogP contribution in [0.3, 0.4) is 0 Å². The Morgan fingerprint density at radius 1 is 1.17 bits per heavy atom. The second-order valence-corrected chi connectivity index (χ2v) is 4.26. The van der Waals surface area contributed by atoms with Crippen molar-refractivity contribution in [3.05, 3.63) is 59.9 Å². The average Bonchev–Trinajstić information content (AvgIpc) is 2.44. The summed E-state index contributed by atoms with van der Waals surface area (Å²) in [6.45, 7) is 0. The molecule has 4 heteroatoms. The SMILES string of the molecule is CN1C(=O)c2ccccc2N[C@@H]1c1ccccn1. The highest BCUT2D eigenvalue weighted by atomic mass is 16.2. The van der Waals surface area contributed by atoms with Gasteiger partial charge < -0.3 is 10.2 Å². The number of benzene rings is 1. The smallest absolute Gasteiger partial charge is 0.257 e. The zero-order valence-electron chi connectivity index (χ0n) is 10.00. The van der Waals surface area contributed by atoms with Crippen LogP contribution in [-0.4, -0.2) is 22.8 Å². The maximum Gasteiger partial charge on any atom is 0.257 e. The highest BCUT2D eigenvalue weighted by Gasteiger charge is 2.30. The van der Waals surface area contributed by atoms with Crippen molar-refractivity contribution < 1.29 is 4.79 Å². The van der Waals surface area contributed by atoms with E-state index < -0.39 is 0 Å². The van der Waals surface area contributed by atoms with Gasteiger partial charge in [0.1, 0.15) is 6.17 Å². The molecule has 4 nitrogen and oxygen atoms in total. The third kappa shape index (κ3) is 1.62. The fourth-order valence-electron chi connectivity index (χ4n) is 2.16. The van der Waals surface area contributed by atoms with E-state index in [1.807, 2.05) is 42.5 Å². The Balaban J connectivity index is 2.04. The van der Waals surface area contributed by atoms with Crippen LogP contribution in [0.1, 0.15) is 22.2 Å². The summed E-state index contributed by atoms with van der Waals surface area (Å²) >= 11 is 0. The lowest BCUT2D eigenvalue weighted by Crippen LogP contribution is -2.40. The van der Waals surface area contributed by atoms with Gasteiger partial charge in [-0.2, -0.15) is 0 Å². The molecule has 0 spiro atoms. The van der Waals surface area contributed by atoms with E-state index in [2.05, 4.69) is 10.3 Å². The Morgan fingerprint density at radius 2 is 1.94 bits per heavy atom. The summed E-state index contributed by atoms with van der Waals surface area (Å²) in [5.41, 5.74) is 2.39. The fraction of sp³-hybridized carbons (Fsp3) is 0.143. The molecule has 3 rings (SSSR count). The third-order valence-corrected chi connectivity index (χ3v) is 3.13. The van der Waals surface area contributed by atoms with E-state index in [1.54, 1.807) is 18.1 Å². The second kappa shape index (κ2) is 4.14. The molecule has 90 valence electrons. The predicted octanol–water partition coefficient (Wildman–Crippen LogP) is 2.28. The Hall–Kier alpha value is -2.36. The fourth-order valence-corrected chi connectivity index (χ4v) is 2.16. The van der Waals surface area contributed by atoms with Crippen molar-refractivity contribution in [2.75, 3.05) is 12.4 Å². The predicted molar refractivity (Wildman–Crippen MR) is 69.1 cm³/mol. The van der Waals surface area contributed by atoms with Crippen LogP contribution in [-0.2, 0) is 0 Å². The summed E-state index contributed by atoms with van der Waals surface area (Å²) < 4.78 is 0. The largest absolute Gasteiger partial charge is 0.359 e. The summed E-state index contributed by atoms with van der Waals surface area (Å²) in [6.07, 6.45) is 1.52. The van der Waals surface area contributed by atoms with E-state index in [0.717, 1.165) is 11.4 Å². The lowest BCUT2D eigenvalue weighted by atomic mass is 10.1. The summed E-state index contributed by atoms with van der Waals surface area (Å²) in [5.74, 6) is 0.0139. The Morgan fingerprint density at radius 3 is 2.72 bits per heavy atom. The first-order valence-electron chi connectivity index (χ1n) is 5.81. The van der Waals surface area contributed by atoms with Crippen molar-refractivity contribution in [3.63, 3.8) is 0 Å². The van der Waals surface area contributed by atoms with Crippen LogP contribution in [0.4, 0.5) is 5.69 Å². The average molecular weight is 239 g/mol. The van der Waals surface area contributed by atoms with Crippen molar-refractivity contribution in [3.8, 4) is 0 Å². The van der Waals surface area contributed by atoms with Crippen molar-refractivity contribution in [1.82, 2.24) is 9.88 Å². The number of aromatic nitrogens is 1. The third-order valence-electron chi connectivity index (χ3n) is 3.13. The van der Waals surface area contributed by atoms with E-state index in [-0.39, 0.29) is 12.1 Å². The Kier molecular flexibility index (Phi) is 2.48. The molecular weight excluding hydrogens is 226 g/mol. The molecule has 0 bridgehead atoms. The van der Waals surface area contributed by atoms with Gasteiger partial charge in [-0.1, -0.05) is 18.2 Å². The molecule has 18 heavy (non-hydrogen) atoms. The van der Waals surface area contributed by atoms with Gasteiger partial charge in [0.05, 0.1) is 11.3 Å². The number of hydrogen-bond donors (Lipinski definition) is 1. The van der Waals surface area contributed by atoms with Crippen LogP contribution >= 0.6 is 0 Å². The molecule has 1 aromatic carbocycles. The Labute approximate surface area is 105 Å². The first kappa shape index (κ1) is 10.8. The molecule has 1 amide bonds. The summed E-state index contributed by atoms with van der Waals surface area (Å²) in [4.78, 5) is 18.2. The maximum atomic E-state index is 12.3. The number of amides is 1. The molecule has 0 saturated heterocycles. The van der Waals surface area contributed by atoms with E-state index in [0.29, 0.717) is 5.56 Å². The molecule has 0 unspecified atom stereocenters. The quantitative estimate of drug-likeness (QED) is 0.830. The number of carbonyl (C=O) groups excluding carboxylic acids is 1. The topological polar surface area (TPSA) is 45.2 Å². The molecule has 1 aliphatic heterocycles. The first-order chi connectivity index (χ1) is 8.77. The number of fused-ring (bicyclic) bond motifs is 1. The molecule has 0 aliphatic carbocycles. The standard InChI is InChI=1S/C14H13N3O/c1-17-13(12-8-4-5-9-15-12)16-11-7-3-2-6-10(11)14(17)18/h2-9,13,16H,1H3/t13-/m0/s1. The summed E-state index contributed by atoms with van der Waals surface area (Å²) in [5, 5.41) is 3.34. The van der Waals surface area contributed by atoms with Gasteiger partial charge in [-0.3, -0.25) is 9.78 Å². The van der Waals surface area contributed by atoms with Gasteiger partial charge in [0, 0.05) is 18.9 Å². The highest BCUT2D eigenvalue weighted by molar-refractivity contribution is 6.01. The molecule has 0 radical (unpaired) electrons. The minimum Gasteiger partial charge on any atom is -0.359 e. The van der Waals surface area contributed by atoms with Crippen LogP contribution < -0.4 is 5.32 Å². The second-order valence-electron chi connectivity index (χ2n) is 4.26. The van der Waals surface area contributed by atoms with E-state index in [1.165, 1.54) is 0 Å². The molecule has 0 saturated carbocycles. The number of anilines is 1. The van der Waals surface area contributed by atoms with Crippen LogP contribution in [0, 0.1) is 0 Å². The molecule has 1 aliphatic rings. The van der Waals surface area contributed by atoms with Gasteiger partial charge in [-0.25, -0.2) is 0 Å². The van der Waals surface area contributed by atoms with Gasteiger partial charge in [0.15, 0.2) is 0 Å². The maximum absolute atomic E-state index is 12.3. The number of hydrogen-bond acceptors (Lipinski definition) is 3. The van der Waals surface area contributed by atoms with Crippen LogP contribution in [0.5, 0.6) is 0 Å². The zero-order chi connectivity index (χ0) is 12.5.